The van der Waals surface area contributed by atoms with E-state index in [0.717, 1.165) is 16.8 Å². The summed E-state index contributed by atoms with van der Waals surface area (Å²) in [6.07, 6.45) is 1.96. The maximum atomic E-state index is 12.7. The summed E-state index contributed by atoms with van der Waals surface area (Å²) in [7, 11) is 1.75. The van der Waals surface area contributed by atoms with E-state index >= 15 is 0 Å². The molecule has 0 saturated heterocycles. The Morgan fingerprint density at radius 2 is 2.00 bits per heavy atom. The number of ether oxygens (including phenoxy) is 2. The van der Waals surface area contributed by atoms with Crippen molar-refractivity contribution in [1.29, 1.82) is 0 Å². The van der Waals surface area contributed by atoms with Gasteiger partial charge in [0.05, 0.1) is 29.9 Å². The lowest BCUT2D eigenvalue weighted by atomic mass is 10.1. The second-order valence-electron chi connectivity index (χ2n) is 6.72. The molecule has 144 valence electrons. The van der Waals surface area contributed by atoms with Crippen LogP contribution in [-0.4, -0.2) is 39.8 Å². The Balaban J connectivity index is 1.51. The summed E-state index contributed by atoms with van der Waals surface area (Å²) in [6.45, 7) is 4.21. The topological polar surface area (TPSA) is 90.6 Å². The van der Waals surface area contributed by atoms with Crippen molar-refractivity contribution < 1.29 is 18.8 Å². The van der Waals surface area contributed by atoms with Crippen LogP contribution in [0.5, 0.6) is 11.5 Å². The second kappa shape index (κ2) is 7.30. The standard InChI is InChI=1S/C20H20N4O4/c1-12-6-18(28-23-12)15-9-21-13(2)22-16(15)10-24(3)20(25)8-14-4-5-17-19(7-14)27-11-26-17/h4-7,9H,8,10-11H2,1-3H3. The Kier molecular flexibility index (Phi) is 4.68. The van der Waals surface area contributed by atoms with E-state index < -0.39 is 0 Å². The predicted molar refractivity (Wildman–Crippen MR) is 99.7 cm³/mol. The number of carbonyl (C=O) groups is 1. The number of amides is 1. The minimum atomic E-state index is -0.0326. The lowest BCUT2D eigenvalue weighted by molar-refractivity contribution is -0.129. The number of rotatable bonds is 5. The zero-order valence-corrected chi connectivity index (χ0v) is 15.9. The number of hydrogen-bond acceptors (Lipinski definition) is 7. The molecule has 8 heteroatoms. The molecule has 1 aliphatic rings. The van der Waals surface area contributed by atoms with Crippen molar-refractivity contribution in [1.82, 2.24) is 20.0 Å². The number of hydrogen-bond donors (Lipinski definition) is 0. The van der Waals surface area contributed by atoms with E-state index in [9.17, 15) is 4.79 Å². The van der Waals surface area contributed by atoms with Crippen LogP contribution in [0.2, 0.25) is 0 Å². The first-order valence-corrected chi connectivity index (χ1v) is 8.88. The highest BCUT2D eigenvalue weighted by atomic mass is 16.7. The van der Waals surface area contributed by atoms with Gasteiger partial charge in [-0.15, -0.1) is 0 Å². The molecular formula is C20H20N4O4. The van der Waals surface area contributed by atoms with Crippen molar-refractivity contribution in [2.75, 3.05) is 13.8 Å². The molecule has 0 unspecified atom stereocenters. The van der Waals surface area contributed by atoms with Gasteiger partial charge in [-0.2, -0.15) is 0 Å². The maximum absolute atomic E-state index is 12.7. The third-order valence-corrected chi connectivity index (χ3v) is 4.49. The Morgan fingerprint density at radius 3 is 2.79 bits per heavy atom. The van der Waals surface area contributed by atoms with Crippen LogP contribution in [0.1, 0.15) is 22.8 Å². The molecule has 0 spiro atoms. The summed E-state index contributed by atoms with van der Waals surface area (Å²) < 4.78 is 16.0. The minimum absolute atomic E-state index is 0.0326. The molecule has 0 saturated carbocycles. The lowest BCUT2D eigenvalue weighted by Crippen LogP contribution is -2.28. The fraction of sp³-hybridized carbons (Fsp3) is 0.300. The van der Waals surface area contributed by atoms with Crippen LogP contribution >= 0.6 is 0 Å². The Labute approximate surface area is 162 Å². The number of carbonyl (C=O) groups excluding carboxylic acids is 1. The molecule has 0 N–H and O–H groups in total. The molecule has 4 rings (SSSR count). The lowest BCUT2D eigenvalue weighted by Gasteiger charge is -2.18. The summed E-state index contributed by atoms with van der Waals surface area (Å²) >= 11 is 0. The number of aromatic nitrogens is 3. The van der Waals surface area contributed by atoms with Gasteiger partial charge in [0.1, 0.15) is 5.82 Å². The van der Waals surface area contributed by atoms with Gasteiger partial charge in [0.25, 0.3) is 0 Å². The molecule has 1 amide bonds. The molecule has 3 heterocycles. The van der Waals surface area contributed by atoms with Gasteiger partial charge in [-0.25, -0.2) is 9.97 Å². The van der Waals surface area contributed by atoms with E-state index in [0.29, 0.717) is 35.3 Å². The molecule has 8 nitrogen and oxygen atoms in total. The Bertz CT molecular complexity index is 1030. The van der Waals surface area contributed by atoms with Gasteiger partial charge in [-0.3, -0.25) is 4.79 Å². The highest BCUT2D eigenvalue weighted by molar-refractivity contribution is 5.79. The summed E-state index contributed by atoms with van der Waals surface area (Å²) in [5.74, 6) is 2.56. The first-order chi connectivity index (χ1) is 13.5. The summed E-state index contributed by atoms with van der Waals surface area (Å²) in [4.78, 5) is 23.1. The van der Waals surface area contributed by atoms with E-state index in [-0.39, 0.29) is 19.1 Å². The number of nitrogens with zero attached hydrogens (tertiary/aromatic N) is 4. The third-order valence-electron chi connectivity index (χ3n) is 4.49. The van der Waals surface area contributed by atoms with E-state index in [1.807, 2.05) is 38.1 Å². The molecule has 1 aromatic carbocycles. The Morgan fingerprint density at radius 1 is 1.18 bits per heavy atom. The van der Waals surface area contributed by atoms with Gasteiger partial charge in [0.15, 0.2) is 17.3 Å². The average molecular weight is 380 g/mol. The van der Waals surface area contributed by atoms with Gasteiger partial charge < -0.3 is 18.9 Å². The molecule has 0 atom stereocenters. The van der Waals surface area contributed by atoms with Crippen LogP contribution in [0, 0.1) is 13.8 Å². The predicted octanol–water partition coefficient (Wildman–Crippen LogP) is 2.68. The molecule has 3 aromatic rings. The van der Waals surface area contributed by atoms with Crippen LogP contribution in [0.3, 0.4) is 0 Å². The quantitative estimate of drug-likeness (QED) is 0.672. The van der Waals surface area contributed by atoms with Gasteiger partial charge in [0.2, 0.25) is 12.7 Å². The van der Waals surface area contributed by atoms with Crippen LogP contribution < -0.4 is 9.47 Å². The minimum Gasteiger partial charge on any atom is -0.454 e. The molecule has 28 heavy (non-hydrogen) atoms. The summed E-state index contributed by atoms with van der Waals surface area (Å²) in [6, 6.07) is 7.36. The number of aryl methyl sites for hydroxylation is 2. The summed E-state index contributed by atoms with van der Waals surface area (Å²) in [5, 5.41) is 3.92. The van der Waals surface area contributed by atoms with Gasteiger partial charge in [-0.1, -0.05) is 11.2 Å². The van der Waals surface area contributed by atoms with Crippen molar-refractivity contribution >= 4 is 5.91 Å². The van der Waals surface area contributed by atoms with Crippen molar-refractivity contribution in [3.05, 3.63) is 53.2 Å². The van der Waals surface area contributed by atoms with Crippen LogP contribution in [0.15, 0.2) is 35.0 Å². The highest BCUT2D eigenvalue weighted by Crippen LogP contribution is 2.32. The zero-order chi connectivity index (χ0) is 19.7. The first-order valence-electron chi connectivity index (χ1n) is 8.88. The number of fused-ring (bicyclic) bond motifs is 1. The Hall–Kier alpha value is -3.42. The molecule has 0 radical (unpaired) electrons. The van der Waals surface area contributed by atoms with Crippen molar-refractivity contribution in [2.24, 2.45) is 0 Å². The molecule has 1 aliphatic heterocycles. The monoisotopic (exact) mass is 380 g/mol. The SMILES string of the molecule is Cc1cc(-c2cnc(C)nc2CN(C)C(=O)Cc2ccc3c(c2)OCO3)on1. The zero-order valence-electron chi connectivity index (χ0n) is 15.9. The maximum Gasteiger partial charge on any atom is 0.231 e. The van der Waals surface area contributed by atoms with E-state index in [1.165, 1.54) is 0 Å². The van der Waals surface area contributed by atoms with Gasteiger partial charge >= 0.3 is 0 Å². The van der Waals surface area contributed by atoms with E-state index in [4.69, 9.17) is 14.0 Å². The smallest absolute Gasteiger partial charge is 0.231 e. The molecule has 0 fully saturated rings. The fourth-order valence-corrected chi connectivity index (χ4v) is 3.01. The summed E-state index contributed by atoms with van der Waals surface area (Å²) in [5.41, 5.74) is 3.08. The fourth-order valence-electron chi connectivity index (χ4n) is 3.01. The van der Waals surface area contributed by atoms with Crippen molar-refractivity contribution in [3.8, 4) is 22.8 Å². The van der Waals surface area contributed by atoms with Crippen LogP contribution in [-0.2, 0) is 17.8 Å². The first kappa shape index (κ1) is 18.0. The number of benzene rings is 1. The van der Waals surface area contributed by atoms with E-state index in [2.05, 4.69) is 15.1 Å². The van der Waals surface area contributed by atoms with Crippen molar-refractivity contribution in [2.45, 2.75) is 26.8 Å². The third kappa shape index (κ3) is 3.66. The average Bonchev–Trinajstić information content (AvgIpc) is 3.30. The molecule has 0 aliphatic carbocycles. The highest BCUT2D eigenvalue weighted by Gasteiger charge is 2.19. The largest absolute Gasteiger partial charge is 0.454 e. The molecular weight excluding hydrogens is 360 g/mol. The molecule has 0 bridgehead atoms. The van der Waals surface area contributed by atoms with Gasteiger partial charge in [0, 0.05) is 19.3 Å². The van der Waals surface area contributed by atoms with Crippen LogP contribution in [0.25, 0.3) is 11.3 Å². The van der Waals surface area contributed by atoms with Crippen molar-refractivity contribution in [3.63, 3.8) is 0 Å². The number of likely N-dealkylation sites (N-methyl/N-ethyl adjacent to an activating group) is 1. The second-order valence-corrected chi connectivity index (χ2v) is 6.72. The van der Waals surface area contributed by atoms with E-state index in [1.54, 1.807) is 18.1 Å². The molecule has 2 aromatic heterocycles. The van der Waals surface area contributed by atoms with Gasteiger partial charge in [-0.05, 0) is 31.5 Å². The van der Waals surface area contributed by atoms with Crippen LogP contribution in [0.4, 0.5) is 0 Å². The normalized spacial score (nSPS) is 12.2.